The minimum absolute atomic E-state index is 0.146. The van der Waals surface area contributed by atoms with Crippen LogP contribution in [-0.4, -0.2) is 21.2 Å². The number of fused-ring (bicyclic) bond motifs is 1. The molecule has 3 N–H and O–H groups in total. The van der Waals surface area contributed by atoms with Crippen LogP contribution in [0.15, 0.2) is 18.2 Å². The van der Waals surface area contributed by atoms with Gasteiger partial charge in [0.15, 0.2) is 0 Å². The fourth-order valence-corrected chi connectivity index (χ4v) is 1.79. The average Bonchev–Trinajstić information content (AvgIpc) is 2.55. The van der Waals surface area contributed by atoms with Crippen molar-refractivity contribution < 1.29 is 15.0 Å². The van der Waals surface area contributed by atoms with Crippen LogP contribution in [0.4, 0.5) is 0 Å². The van der Waals surface area contributed by atoms with Gasteiger partial charge in [-0.3, -0.25) is 0 Å². The van der Waals surface area contributed by atoms with E-state index in [4.69, 9.17) is 5.11 Å². The third-order valence-corrected chi connectivity index (χ3v) is 2.46. The number of carboxylic acids is 1. The summed E-state index contributed by atoms with van der Waals surface area (Å²) < 4.78 is 0. The van der Waals surface area contributed by atoms with E-state index in [0.29, 0.717) is 6.42 Å². The first-order valence-corrected chi connectivity index (χ1v) is 4.70. The predicted molar refractivity (Wildman–Crippen MR) is 56.3 cm³/mol. The summed E-state index contributed by atoms with van der Waals surface area (Å²) in [5.74, 6) is -0.823. The van der Waals surface area contributed by atoms with Gasteiger partial charge in [0, 0.05) is 10.9 Å². The Balaban J connectivity index is 2.79. The normalized spacial score (nSPS) is 10.7. The molecule has 1 aromatic heterocycles. The molecule has 0 radical (unpaired) electrons. The standard InChI is InChI=1S/C11H11NO3/c1-2-7-8-5-6(13)3-4-9(8)12-10(7)11(14)15/h3-5,12-13H,2H2,1H3,(H,14,15). The minimum atomic E-state index is -0.970. The zero-order valence-corrected chi connectivity index (χ0v) is 8.24. The highest BCUT2D eigenvalue weighted by molar-refractivity contribution is 5.97. The maximum Gasteiger partial charge on any atom is 0.352 e. The molecular formula is C11H11NO3. The predicted octanol–water partition coefficient (Wildman–Crippen LogP) is 2.13. The second-order valence-corrected chi connectivity index (χ2v) is 3.37. The summed E-state index contributed by atoms with van der Waals surface area (Å²) in [4.78, 5) is 13.8. The molecule has 0 aliphatic rings. The summed E-state index contributed by atoms with van der Waals surface area (Å²) in [7, 11) is 0. The lowest BCUT2D eigenvalue weighted by Gasteiger charge is -1.96. The monoisotopic (exact) mass is 205 g/mol. The lowest BCUT2D eigenvalue weighted by atomic mass is 10.1. The Kier molecular flexibility index (Phi) is 2.11. The number of carboxylic acid groups (broad SMARTS) is 1. The molecule has 0 atom stereocenters. The molecule has 0 aliphatic heterocycles. The topological polar surface area (TPSA) is 73.3 Å². The smallest absolute Gasteiger partial charge is 0.352 e. The van der Waals surface area contributed by atoms with E-state index in [1.807, 2.05) is 6.92 Å². The van der Waals surface area contributed by atoms with Crippen LogP contribution in [0, 0.1) is 0 Å². The molecule has 1 aromatic carbocycles. The second kappa shape index (κ2) is 3.31. The number of aromatic amines is 1. The molecule has 2 aromatic rings. The molecule has 0 bridgehead atoms. The SMILES string of the molecule is CCc1c(C(=O)O)[nH]c2ccc(O)cc12. The molecule has 0 spiro atoms. The Morgan fingerprint density at radius 1 is 1.47 bits per heavy atom. The zero-order valence-electron chi connectivity index (χ0n) is 8.24. The number of H-pyrrole nitrogens is 1. The number of aromatic nitrogens is 1. The van der Waals surface area contributed by atoms with Crippen molar-refractivity contribution in [1.29, 1.82) is 0 Å². The van der Waals surface area contributed by atoms with Crippen LogP contribution in [0.3, 0.4) is 0 Å². The van der Waals surface area contributed by atoms with Crippen molar-refractivity contribution in [2.75, 3.05) is 0 Å². The van der Waals surface area contributed by atoms with Crippen LogP contribution >= 0.6 is 0 Å². The molecule has 0 aliphatic carbocycles. The third kappa shape index (κ3) is 1.44. The molecule has 1 heterocycles. The van der Waals surface area contributed by atoms with E-state index in [-0.39, 0.29) is 11.4 Å². The average molecular weight is 205 g/mol. The largest absolute Gasteiger partial charge is 0.508 e. The highest BCUT2D eigenvalue weighted by atomic mass is 16.4. The molecule has 0 unspecified atom stereocenters. The van der Waals surface area contributed by atoms with E-state index in [1.165, 1.54) is 6.07 Å². The number of aromatic carboxylic acids is 1. The van der Waals surface area contributed by atoms with Gasteiger partial charge in [-0.25, -0.2) is 4.79 Å². The first-order valence-electron chi connectivity index (χ1n) is 4.70. The Labute approximate surface area is 86.2 Å². The molecule has 0 saturated carbocycles. The van der Waals surface area contributed by atoms with E-state index in [2.05, 4.69) is 4.98 Å². The molecular weight excluding hydrogens is 194 g/mol. The Hall–Kier alpha value is -1.97. The van der Waals surface area contributed by atoms with Gasteiger partial charge in [0.05, 0.1) is 0 Å². The number of hydrogen-bond donors (Lipinski definition) is 3. The number of phenols is 1. The van der Waals surface area contributed by atoms with Crippen molar-refractivity contribution in [3.8, 4) is 5.75 Å². The first-order chi connectivity index (χ1) is 7.13. The summed E-state index contributed by atoms with van der Waals surface area (Å²) in [5.41, 5.74) is 1.67. The van der Waals surface area contributed by atoms with Gasteiger partial charge in [0.25, 0.3) is 0 Å². The number of phenolic OH excluding ortho intramolecular Hbond substituents is 1. The van der Waals surface area contributed by atoms with E-state index in [9.17, 15) is 9.90 Å². The lowest BCUT2D eigenvalue weighted by Crippen LogP contribution is -2.00. The van der Waals surface area contributed by atoms with Gasteiger partial charge < -0.3 is 15.2 Å². The zero-order chi connectivity index (χ0) is 11.0. The van der Waals surface area contributed by atoms with Crippen molar-refractivity contribution in [1.82, 2.24) is 4.98 Å². The summed E-state index contributed by atoms with van der Waals surface area (Å²) in [6.45, 7) is 1.89. The van der Waals surface area contributed by atoms with E-state index in [1.54, 1.807) is 12.1 Å². The highest BCUT2D eigenvalue weighted by Crippen LogP contribution is 2.26. The Morgan fingerprint density at radius 2 is 2.20 bits per heavy atom. The van der Waals surface area contributed by atoms with E-state index in [0.717, 1.165) is 16.5 Å². The maximum absolute atomic E-state index is 10.9. The molecule has 0 saturated heterocycles. The van der Waals surface area contributed by atoms with Crippen LogP contribution in [0.2, 0.25) is 0 Å². The van der Waals surface area contributed by atoms with Gasteiger partial charge in [-0.05, 0) is 30.2 Å². The Morgan fingerprint density at radius 3 is 2.80 bits per heavy atom. The number of carbonyl (C=O) groups is 1. The summed E-state index contributed by atoms with van der Waals surface area (Å²) in [6, 6.07) is 4.79. The van der Waals surface area contributed by atoms with E-state index >= 15 is 0 Å². The van der Waals surface area contributed by atoms with Gasteiger partial charge in [-0.15, -0.1) is 0 Å². The van der Waals surface area contributed by atoms with Crippen LogP contribution < -0.4 is 0 Å². The van der Waals surface area contributed by atoms with Crippen LogP contribution in [0.25, 0.3) is 10.9 Å². The summed E-state index contributed by atoms with van der Waals surface area (Å²) in [5, 5.41) is 19.1. The maximum atomic E-state index is 10.9. The molecule has 78 valence electrons. The number of hydrogen-bond acceptors (Lipinski definition) is 2. The third-order valence-electron chi connectivity index (χ3n) is 2.46. The van der Waals surface area contributed by atoms with Crippen molar-refractivity contribution in [3.05, 3.63) is 29.5 Å². The van der Waals surface area contributed by atoms with E-state index < -0.39 is 5.97 Å². The molecule has 4 heteroatoms. The fourth-order valence-electron chi connectivity index (χ4n) is 1.79. The van der Waals surface area contributed by atoms with Crippen LogP contribution in [-0.2, 0) is 6.42 Å². The van der Waals surface area contributed by atoms with Gasteiger partial charge >= 0.3 is 5.97 Å². The molecule has 2 rings (SSSR count). The lowest BCUT2D eigenvalue weighted by molar-refractivity contribution is 0.0690. The van der Waals surface area contributed by atoms with Gasteiger partial charge in [-0.1, -0.05) is 6.92 Å². The van der Waals surface area contributed by atoms with Crippen molar-refractivity contribution >= 4 is 16.9 Å². The van der Waals surface area contributed by atoms with Crippen LogP contribution in [0.5, 0.6) is 5.75 Å². The molecule has 15 heavy (non-hydrogen) atoms. The van der Waals surface area contributed by atoms with Crippen molar-refractivity contribution in [3.63, 3.8) is 0 Å². The summed E-state index contributed by atoms with van der Waals surface area (Å²) in [6.07, 6.45) is 0.616. The minimum Gasteiger partial charge on any atom is -0.508 e. The Bertz CT molecular complexity index is 528. The summed E-state index contributed by atoms with van der Waals surface area (Å²) >= 11 is 0. The number of rotatable bonds is 2. The molecule has 4 nitrogen and oxygen atoms in total. The van der Waals surface area contributed by atoms with Crippen LogP contribution in [0.1, 0.15) is 23.0 Å². The van der Waals surface area contributed by atoms with Crippen molar-refractivity contribution in [2.24, 2.45) is 0 Å². The van der Waals surface area contributed by atoms with Gasteiger partial charge in [0.1, 0.15) is 11.4 Å². The number of nitrogens with one attached hydrogen (secondary N) is 1. The molecule has 0 amide bonds. The number of benzene rings is 1. The quantitative estimate of drug-likeness (QED) is 0.703. The number of aryl methyl sites for hydroxylation is 1. The van der Waals surface area contributed by atoms with Gasteiger partial charge in [0.2, 0.25) is 0 Å². The fraction of sp³-hybridized carbons (Fsp3) is 0.182. The molecule has 0 fully saturated rings. The number of aromatic hydroxyl groups is 1. The second-order valence-electron chi connectivity index (χ2n) is 3.37. The first kappa shape index (κ1) is 9.58. The van der Waals surface area contributed by atoms with Crippen molar-refractivity contribution in [2.45, 2.75) is 13.3 Å². The van der Waals surface area contributed by atoms with Gasteiger partial charge in [-0.2, -0.15) is 0 Å². The highest BCUT2D eigenvalue weighted by Gasteiger charge is 2.15.